The quantitative estimate of drug-likeness (QED) is 0.806. The van der Waals surface area contributed by atoms with Crippen LogP contribution < -0.4 is 10.5 Å². The molecule has 1 rings (SSSR count). The molecule has 1 heterocycles. The number of rotatable bonds is 5. The van der Waals surface area contributed by atoms with Crippen LogP contribution in [-0.4, -0.2) is 21.1 Å². The van der Waals surface area contributed by atoms with E-state index in [0.29, 0.717) is 17.2 Å². The highest BCUT2D eigenvalue weighted by atomic mass is 32.2. The van der Waals surface area contributed by atoms with Crippen LogP contribution in [0.2, 0.25) is 0 Å². The van der Waals surface area contributed by atoms with E-state index >= 15 is 0 Å². The molecule has 5 nitrogen and oxygen atoms in total. The van der Waals surface area contributed by atoms with E-state index in [9.17, 15) is 9.00 Å². The number of nitrogens with zero attached hydrogens (tertiary/aromatic N) is 1. The molecule has 2 atom stereocenters. The second-order valence-corrected chi connectivity index (χ2v) is 5.37. The van der Waals surface area contributed by atoms with Crippen molar-refractivity contribution in [2.45, 2.75) is 31.2 Å². The van der Waals surface area contributed by atoms with E-state index in [0.717, 1.165) is 0 Å². The second-order valence-electron chi connectivity index (χ2n) is 4.15. The number of carbonyl (C=O) groups is 1. The lowest BCUT2D eigenvalue weighted by atomic mass is 10.0. The van der Waals surface area contributed by atoms with Gasteiger partial charge in [0.2, 0.25) is 5.91 Å². The van der Waals surface area contributed by atoms with Crippen molar-refractivity contribution in [3.05, 3.63) is 24.5 Å². The molecule has 0 bridgehead atoms. The average molecular weight is 255 g/mol. The monoisotopic (exact) mass is 255 g/mol. The molecule has 17 heavy (non-hydrogen) atoms. The van der Waals surface area contributed by atoms with Crippen molar-refractivity contribution in [2.75, 3.05) is 0 Å². The fraction of sp³-hybridized carbons (Fsp3) is 0.455. The molecule has 0 saturated heterocycles. The van der Waals surface area contributed by atoms with Crippen molar-refractivity contribution in [2.24, 2.45) is 11.7 Å². The highest BCUT2D eigenvalue weighted by Crippen LogP contribution is 2.05. The number of pyridine rings is 1. The molecule has 94 valence electrons. The summed E-state index contributed by atoms with van der Waals surface area (Å²) in [6.07, 6.45) is 3.61. The lowest BCUT2D eigenvalue weighted by Gasteiger charge is -2.13. The number of hydrogen-bond donors (Lipinski definition) is 2. The normalized spacial score (nSPS) is 14.4. The van der Waals surface area contributed by atoms with Crippen LogP contribution in [0.15, 0.2) is 29.4 Å². The molecule has 0 radical (unpaired) electrons. The molecule has 0 aliphatic rings. The van der Waals surface area contributed by atoms with Gasteiger partial charge in [-0.15, -0.1) is 0 Å². The SMILES string of the molecule is CC(C)CC(N)C(=O)NS(=O)c1ccncc1. The summed E-state index contributed by atoms with van der Waals surface area (Å²) >= 11 is 0. The maximum atomic E-state index is 11.7. The lowest BCUT2D eigenvalue weighted by Crippen LogP contribution is -2.42. The van der Waals surface area contributed by atoms with Gasteiger partial charge in [-0.05, 0) is 24.5 Å². The zero-order chi connectivity index (χ0) is 12.8. The van der Waals surface area contributed by atoms with Gasteiger partial charge in [-0.3, -0.25) is 14.5 Å². The molecule has 0 aliphatic carbocycles. The van der Waals surface area contributed by atoms with Crippen LogP contribution >= 0.6 is 0 Å². The van der Waals surface area contributed by atoms with Crippen LogP contribution in [0.5, 0.6) is 0 Å². The highest BCUT2D eigenvalue weighted by Gasteiger charge is 2.17. The van der Waals surface area contributed by atoms with Crippen LogP contribution in [0.3, 0.4) is 0 Å². The smallest absolute Gasteiger partial charge is 0.248 e. The minimum absolute atomic E-state index is 0.324. The van der Waals surface area contributed by atoms with E-state index in [-0.39, 0.29) is 0 Å². The van der Waals surface area contributed by atoms with Gasteiger partial charge in [0.15, 0.2) is 11.0 Å². The Morgan fingerprint density at radius 3 is 2.59 bits per heavy atom. The first-order valence-corrected chi connectivity index (χ1v) is 6.53. The van der Waals surface area contributed by atoms with Gasteiger partial charge in [-0.2, -0.15) is 0 Å². The molecule has 1 amide bonds. The van der Waals surface area contributed by atoms with E-state index in [1.165, 1.54) is 12.4 Å². The summed E-state index contributed by atoms with van der Waals surface area (Å²) in [4.78, 5) is 15.9. The molecule has 0 fully saturated rings. The summed E-state index contributed by atoms with van der Waals surface area (Å²) in [6, 6.07) is 2.55. The predicted octanol–water partition coefficient (Wildman–Crippen LogP) is 0.594. The molecule has 0 aliphatic heterocycles. The molecule has 2 unspecified atom stereocenters. The Morgan fingerprint density at radius 2 is 2.06 bits per heavy atom. The number of carbonyl (C=O) groups excluding carboxylic acids is 1. The standard InChI is InChI=1S/C11H17N3O2S/c1-8(2)7-10(12)11(15)14-17(16)9-3-5-13-6-4-9/h3-6,8,10H,7,12H2,1-2H3,(H,14,15). The summed E-state index contributed by atoms with van der Waals surface area (Å²) in [6.45, 7) is 3.96. The highest BCUT2D eigenvalue weighted by molar-refractivity contribution is 7.83. The van der Waals surface area contributed by atoms with Crippen LogP contribution in [0.4, 0.5) is 0 Å². The fourth-order valence-corrected chi connectivity index (χ4v) is 2.12. The summed E-state index contributed by atoms with van der Waals surface area (Å²) in [7, 11) is -1.57. The van der Waals surface area contributed by atoms with E-state index in [2.05, 4.69) is 9.71 Å². The fourth-order valence-electron chi connectivity index (χ4n) is 1.30. The first kappa shape index (κ1) is 13.8. The summed E-state index contributed by atoms with van der Waals surface area (Å²) in [5, 5.41) is 0. The molecule has 1 aromatic heterocycles. The molecule has 0 saturated carbocycles. The van der Waals surface area contributed by atoms with Gasteiger partial charge in [0, 0.05) is 12.4 Å². The number of nitrogens with one attached hydrogen (secondary N) is 1. The van der Waals surface area contributed by atoms with E-state index in [1.54, 1.807) is 12.1 Å². The average Bonchev–Trinajstić information content (AvgIpc) is 2.29. The number of aromatic nitrogens is 1. The Labute approximate surface area is 103 Å². The topological polar surface area (TPSA) is 85.1 Å². The van der Waals surface area contributed by atoms with Crippen LogP contribution in [-0.2, 0) is 15.8 Å². The first-order chi connectivity index (χ1) is 8.00. The predicted molar refractivity (Wildman–Crippen MR) is 66.2 cm³/mol. The maximum Gasteiger partial charge on any atom is 0.248 e. The summed E-state index contributed by atoms with van der Waals surface area (Å²) in [5.74, 6) is -0.0704. The van der Waals surface area contributed by atoms with Crippen molar-refractivity contribution >= 4 is 16.9 Å². The van der Waals surface area contributed by atoms with Gasteiger partial charge >= 0.3 is 0 Å². The zero-order valence-electron chi connectivity index (χ0n) is 9.92. The third-order valence-electron chi connectivity index (χ3n) is 2.12. The largest absolute Gasteiger partial charge is 0.320 e. The Balaban J connectivity index is 2.55. The molecular formula is C11H17N3O2S. The molecule has 3 N–H and O–H groups in total. The molecule has 1 aromatic rings. The van der Waals surface area contributed by atoms with Gasteiger partial charge in [-0.25, -0.2) is 4.21 Å². The van der Waals surface area contributed by atoms with Crippen molar-refractivity contribution in [3.8, 4) is 0 Å². The molecular weight excluding hydrogens is 238 g/mol. The van der Waals surface area contributed by atoms with Crippen molar-refractivity contribution in [3.63, 3.8) is 0 Å². The van der Waals surface area contributed by atoms with Gasteiger partial charge in [0.1, 0.15) is 0 Å². The minimum atomic E-state index is -1.57. The van der Waals surface area contributed by atoms with E-state index in [1.807, 2.05) is 13.8 Å². The van der Waals surface area contributed by atoms with Crippen LogP contribution in [0, 0.1) is 5.92 Å². The number of hydrogen-bond acceptors (Lipinski definition) is 4. The van der Waals surface area contributed by atoms with E-state index in [4.69, 9.17) is 5.73 Å². The molecule has 6 heteroatoms. The molecule has 0 spiro atoms. The summed E-state index contributed by atoms with van der Waals surface area (Å²) < 4.78 is 14.1. The van der Waals surface area contributed by atoms with Crippen molar-refractivity contribution in [1.29, 1.82) is 0 Å². The van der Waals surface area contributed by atoms with Crippen LogP contribution in [0.1, 0.15) is 20.3 Å². The van der Waals surface area contributed by atoms with E-state index < -0.39 is 22.9 Å². The van der Waals surface area contributed by atoms with Gasteiger partial charge in [-0.1, -0.05) is 13.8 Å². The Bertz CT molecular complexity index is 395. The first-order valence-electron chi connectivity index (χ1n) is 5.38. The number of amides is 1. The third-order valence-corrected chi connectivity index (χ3v) is 3.21. The third kappa shape index (κ3) is 4.62. The van der Waals surface area contributed by atoms with Crippen molar-refractivity contribution < 1.29 is 9.00 Å². The van der Waals surface area contributed by atoms with Gasteiger partial charge < -0.3 is 5.73 Å². The van der Waals surface area contributed by atoms with Crippen LogP contribution in [0.25, 0.3) is 0 Å². The van der Waals surface area contributed by atoms with Gasteiger partial charge in [0.25, 0.3) is 0 Å². The van der Waals surface area contributed by atoms with Crippen molar-refractivity contribution in [1.82, 2.24) is 9.71 Å². The lowest BCUT2D eigenvalue weighted by molar-refractivity contribution is -0.120. The maximum absolute atomic E-state index is 11.7. The Hall–Kier alpha value is -1.27. The zero-order valence-corrected chi connectivity index (χ0v) is 10.7. The summed E-state index contributed by atoms with van der Waals surface area (Å²) in [5.41, 5.74) is 5.69. The van der Waals surface area contributed by atoms with Gasteiger partial charge in [0.05, 0.1) is 10.9 Å². The Kier molecular flexibility index (Phi) is 5.24. The second kappa shape index (κ2) is 6.46. The Morgan fingerprint density at radius 1 is 1.47 bits per heavy atom. The minimum Gasteiger partial charge on any atom is -0.320 e. The molecule has 0 aromatic carbocycles. The number of nitrogens with two attached hydrogens (primary N) is 1.